The third-order valence-corrected chi connectivity index (χ3v) is 3.30. The summed E-state index contributed by atoms with van der Waals surface area (Å²) in [7, 11) is 3.48. The molecule has 7 nitrogen and oxygen atoms in total. The number of rotatable bonds is 8. The van der Waals surface area contributed by atoms with Crippen LogP contribution in [0.2, 0.25) is 0 Å². The molecule has 0 spiro atoms. The second-order valence-electron chi connectivity index (χ2n) is 5.11. The quantitative estimate of drug-likeness (QED) is 0.432. The van der Waals surface area contributed by atoms with Crippen LogP contribution in [0.15, 0.2) is 41.9 Å². The van der Waals surface area contributed by atoms with Gasteiger partial charge in [-0.15, -0.1) is 0 Å². The van der Waals surface area contributed by atoms with Crippen molar-refractivity contribution in [3.8, 4) is 0 Å². The van der Waals surface area contributed by atoms with Crippen LogP contribution in [0.5, 0.6) is 0 Å². The van der Waals surface area contributed by atoms with Crippen LogP contribution in [-0.4, -0.2) is 48.0 Å². The highest BCUT2D eigenvalue weighted by Gasteiger charge is 2.01. The van der Waals surface area contributed by atoms with E-state index in [1.807, 2.05) is 4.68 Å². The number of guanidine groups is 1. The fourth-order valence-corrected chi connectivity index (χ4v) is 2.17. The van der Waals surface area contributed by atoms with Crippen molar-refractivity contribution in [2.45, 2.75) is 19.5 Å². The van der Waals surface area contributed by atoms with Gasteiger partial charge >= 0.3 is 0 Å². The zero-order valence-electron chi connectivity index (χ0n) is 13.7. The smallest absolute Gasteiger partial charge is 0.191 e. The molecule has 7 heteroatoms. The second-order valence-corrected chi connectivity index (χ2v) is 5.11. The Bertz CT molecular complexity index is 596. The van der Waals surface area contributed by atoms with E-state index in [1.165, 1.54) is 11.1 Å². The van der Waals surface area contributed by atoms with Crippen LogP contribution in [0.4, 0.5) is 0 Å². The first-order chi connectivity index (χ1) is 11.3. The van der Waals surface area contributed by atoms with Crippen molar-refractivity contribution in [1.29, 1.82) is 0 Å². The van der Waals surface area contributed by atoms with Crippen molar-refractivity contribution in [3.63, 3.8) is 0 Å². The first kappa shape index (κ1) is 17.0. The number of nitrogens with zero attached hydrogens (tertiary/aromatic N) is 4. The molecule has 2 N–H and O–H groups in total. The minimum absolute atomic E-state index is 0.717. The van der Waals surface area contributed by atoms with E-state index in [4.69, 9.17) is 4.74 Å². The molecule has 1 aromatic heterocycles. The zero-order chi connectivity index (χ0) is 16.3. The summed E-state index contributed by atoms with van der Waals surface area (Å²) in [5, 5.41) is 10.7. The first-order valence-corrected chi connectivity index (χ1v) is 7.65. The number of nitrogens with one attached hydrogen (secondary N) is 2. The largest absolute Gasteiger partial charge is 0.385 e. The van der Waals surface area contributed by atoms with E-state index in [0.29, 0.717) is 0 Å². The molecule has 0 saturated carbocycles. The summed E-state index contributed by atoms with van der Waals surface area (Å²) in [6, 6.07) is 8.39. The number of hydrogen-bond acceptors (Lipinski definition) is 4. The lowest BCUT2D eigenvalue weighted by Gasteiger charge is -2.12. The highest BCUT2D eigenvalue weighted by atomic mass is 16.5. The Kier molecular flexibility index (Phi) is 7.06. The van der Waals surface area contributed by atoms with E-state index in [1.54, 1.807) is 26.8 Å². The van der Waals surface area contributed by atoms with E-state index in [-0.39, 0.29) is 0 Å². The number of benzene rings is 1. The molecule has 0 radical (unpaired) electrons. The lowest BCUT2D eigenvalue weighted by molar-refractivity contribution is 0.195. The van der Waals surface area contributed by atoms with Crippen LogP contribution in [0, 0.1) is 0 Å². The average molecular weight is 316 g/mol. The van der Waals surface area contributed by atoms with Crippen molar-refractivity contribution in [2.75, 3.05) is 27.3 Å². The minimum atomic E-state index is 0.717. The van der Waals surface area contributed by atoms with Crippen LogP contribution in [0.3, 0.4) is 0 Å². The fourth-order valence-electron chi connectivity index (χ4n) is 2.17. The summed E-state index contributed by atoms with van der Waals surface area (Å²) < 4.78 is 6.84. The second kappa shape index (κ2) is 9.58. The number of ether oxygens (including phenoxy) is 1. The van der Waals surface area contributed by atoms with Crippen molar-refractivity contribution >= 4 is 5.96 Å². The van der Waals surface area contributed by atoms with Gasteiger partial charge in [-0.05, 0) is 17.5 Å². The molecule has 0 saturated heterocycles. The van der Waals surface area contributed by atoms with Crippen molar-refractivity contribution in [1.82, 2.24) is 25.4 Å². The van der Waals surface area contributed by atoms with Gasteiger partial charge in [-0.25, -0.2) is 9.67 Å². The number of aromatic nitrogens is 3. The Morgan fingerprint density at radius 1 is 1.30 bits per heavy atom. The monoisotopic (exact) mass is 316 g/mol. The third-order valence-electron chi connectivity index (χ3n) is 3.30. The van der Waals surface area contributed by atoms with E-state index in [2.05, 4.69) is 50.0 Å². The molecule has 0 bridgehead atoms. The topological polar surface area (TPSA) is 76.4 Å². The SMILES string of the molecule is CN=C(NCCCOC)NCc1cccc(Cn2cncn2)c1. The average Bonchev–Trinajstić information content (AvgIpc) is 3.07. The highest BCUT2D eigenvalue weighted by molar-refractivity contribution is 5.79. The molecule has 124 valence electrons. The lowest BCUT2D eigenvalue weighted by atomic mass is 10.1. The molecule has 0 atom stereocenters. The van der Waals surface area contributed by atoms with Crippen LogP contribution in [0.25, 0.3) is 0 Å². The van der Waals surface area contributed by atoms with Gasteiger partial charge in [0.15, 0.2) is 5.96 Å². The summed E-state index contributed by atoms with van der Waals surface area (Å²) in [6.07, 6.45) is 4.21. The molecule has 0 unspecified atom stereocenters. The number of aliphatic imine (C=N–C) groups is 1. The summed E-state index contributed by atoms with van der Waals surface area (Å²) in [6.45, 7) is 3.02. The van der Waals surface area contributed by atoms with E-state index < -0.39 is 0 Å². The van der Waals surface area contributed by atoms with Gasteiger partial charge in [-0.2, -0.15) is 5.10 Å². The Hall–Kier alpha value is -2.41. The highest BCUT2D eigenvalue weighted by Crippen LogP contribution is 2.06. The van der Waals surface area contributed by atoms with Gasteiger partial charge in [-0.3, -0.25) is 4.99 Å². The van der Waals surface area contributed by atoms with Gasteiger partial charge in [0.1, 0.15) is 12.7 Å². The maximum Gasteiger partial charge on any atom is 0.191 e. The molecular weight excluding hydrogens is 292 g/mol. The number of methoxy groups -OCH3 is 1. The van der Waals surface area contributed by atoms with Crippen LogP contribution in [-0.2, 0) is 17.8 Å². The summed E-state index contributed by atoms with van der Waals surface area (Å²) in [4.78, 5) is 8.17. The predicted octanol–water partition coefficient (Wildman–Crippen LogP) is 1.03. The fraction of sp³-hybridized carbons (Fsp3) is 0.438. The van der Waals surface area contributed by atoms with Gasteiger partial charge in [-0.1, -0.05) is 24.3 Å². The normalized spacial score (nSPS) is 11.5. The summed E-state index contributed by atoms with van der Waals surface area (Å²) in [5.41, 5.74) is 2.39. The number of hydrogen-bond donors (Lipinski definition) is 2. The lowest BCUT2D eigenvalue weighted by Crippen LogP contribution is -2.37. The van der Waals surface area contributed by atoms with E-state index in [0.717, 1.165) is 38.6 Å². The van der Waals surface area contributed by atoms with Crippen molar-refractivity contribution < 1.29 is 4.74 Å². The molecule has 0 fully saturated rings. The van der Waals surface area contributed by atoms with Crippen LogP contribution >= 0.6 is 0 Å². The Morgan fingerprint density at radius 2 is 2.17 bits per heavy atom. The molecule has 1 aromatic carbocycles. The maximum absolute atomic E-state index is 5.03. The standard InChI is InChI=1S/C16H24N6O/c1-17-16(19-7-4-8-23-2)20-10-14-5-3-6-15(9-14)11-22-13-18-12-21-22/h3,5-6,9,12-13H,4,7-8,10-11H2,1-2H3,(H2,17,19,20). The van der Waals surface area contributed by atoms with Gasteiger partial charge in [0.2, 0.25) is 0 Å². The molecule has 0 amide bonds. The molecule has 23 heavy (non-hydrogen) atoms. The van der Waals surface area contributed by atoms with Gasteiger partial charge in [0.05, 0.1) is 6.54 Å². The Balaban J connectivity index is 1.82. The van der Waals surface area contributed by atoms with Crippen molar-refractivity contribution in [2.24, 2.45) is 4.99 Å². The molecule has 0 aliphatic heterocycles. The van der Waals surface area contributed by atoms with Crippen LogP contribution < -0.4 is 10.6 Å². The van der Waals surface area contributed by atoms with Gasteiger partial charge in [0, 0.05) is 33.9 Å². The minimum Gasteiger partial charge on any atom is -0.385 e. The van der Waals surface area contributed by atoms with Gasteiger partial charge < -0.3 is 15.4 Å². The molecule has 0 aliphatic rings. The van der Waals surface area contributed by atoms with Crippen molar-refractivity contribution in [3.05, 3.63) is 48.0 Å². The van der Waals surface area contributed by atoms with Gasteiger partial charge in [0.25, 0.3) is 0 Å². The van der Waals surface area contributed by atoms with E-state index in [9.17, 15) is 0 Å². The maximum atomic E-state index is 5.03. The van der Waals surface area contributed by atoms with E-state index >= 15 is 0 Å². The van der Waals surface area contributed by atoms with Crippen LogP contribution in [0.1, 0.15) is 17.5 Å². The summed E-state index contributed by atoms with van der Waals surface area (Å²) in [5.74, 6) is 0.794. The molecule has 2 rings (SSSR count). The zero-order valence-corrected chi connectivity index (χ0v) is 13.7. The first-order valence-electron chi connectivity index (χ1n) is 7.65. The predicted molar refractivity (Wildman–Crippen MR) is 90.3 cm³/mol. The molecule has 0 aliphatic carbocycles. The Morgan fingerprint density at radius 3 is 2.91 bits per heavy atom. The molecule has 2 aromatic rings. The third kappa shape index (κ3) is 6.07. The molecular formula is C16H24N6O. The summed E-state index contributed by atoms with van der Waals surface area (Å²) >= 11 is 0. The Labute approximate surface area is 136 Å². The molecule has 1 heterocycles.